The van der Waals surface area contributed by atoms with Crippen LogP contribution in [0.1, 0.15) is 106 Å². The van der Waals surface area contributed by atoms with Gasteiger partial charge >= 0.3 is 5.97 Å². The first-order valence-electron chi connectivity index (χ1n) is 19.8. The van der Waals surface area contributed by atoms with Gasteiger partial charge < -0.3 is 24.6 Å². The monoisotopic (exact) mass is 727 g/mol. The first-order valence-corrected chi connectivity index (χ1v) is 20.2. The maximum absolute atomic E-state index is 13.1. The van der Waals surface area contributed by atoms with Crippen LogP contribution in [0.15, 0.2) is 48.7 Å². The third-order valence-electron chi connectivity index (χ3n) is 13.0. The number of aryl methyl sites for hydroxylation is 1. The number of nitrogens with zero attached hydrogens (tertiary/aromatic N) is 2. The number of anilines is 1. The van der Waals surface area contributed by atoms with Crippen molar-refractivity contribution < 1.29 is 24.1 Å². The molecule has 1 saturated heterocycles. The summed E-state index contributed by atoms with van der Waals surface area (Å²) in [6.07, 6.45) is 13.3. The number of rotatable bonds is 10. The number of hydrogen-bond donors (Lipinski definition) is 2. The highest BCUT2D eigenvalue weighted by Gasteiger charge is 2.54. The predicted octanol–water partition coefficient (Wildman–Crippen LogP) is 8.83. The second-order valence-corrected chi connectivity index (χ2v) is 17.0. The largest absolute Gasteiger partial charge is 0.493 e. The number of carboxylic acid groups (broad SMARTS) is 1. The zero-order valence-electron chi connectivity index (χ0n) is 30.8. The number of carbonyl (C=O) groups is 1. The van der Waals surface area contributed by atoms with Crippen LogP contribution in [-0.2, 0) is 23.1 Å². The summed E-state index contributed by atoms with van der Waals surface area (Å²) in [5, 5.41) is 14.7. The molecule has 3 heterocycles. The number of halogens is 1. The van der Waals surface area contributed by atoms with Crippen molar-refractivity contribution in [3.05, 3.63) is 76.1 Å². The van der Waals surface area contributed by atoms with Crippen LogP contribution in [0.4, 0.5) is 5.69 Å². The van der Waals surface area contributed by atoms with Gasteiger partial charge in [0, 0.05) is 41.1 Å². The fourth-order valence-electron chi connectivity index (χ4n) is 10.2. The average molecular weight is 728 g/mol. The summed E-state index contributed by atoms with van der Waals surface area (Å²) in [6, 6.07) is 14.0. The molecule has 0 radical (unpaired) electrons. The summed E-state index contributed by atoms with van der Waals surface area (Å²) >= 11 is 6.32. The van der Waals surface area contributed by atoms with Gasteiger partial charge in [-0.1, -0.05) is 31.5 Å². The molecule has 0 bridgehead atoms. The van der Waals surface area contributed by atoms with Crippen molar-refractivity contribution in [3.8, 4) is 17.2 Å². The van der Waals surface area contributed by atoms with Crippen molar-refractivity contribution in [1.82, 2.24) is 9.88 Å². The molecule has 2 unspecified atom stereocenters. The quantitative estimate of drug-likeness (QED) is 0.214. The van der Waals surface area contributed by atoms with E-state index in [4.69, 9.17) is 25.8 Å². The number of aromatic nitrogens is 1. The van der Waals surface area contributed by atoms with Crippen LogP contribution in [0.5, 0.6) is 17.2 Å². The second kappa shape index (κ2) is 14.7. The van der Waals surface area contributed by atoms with Gasteiger partial charge in [0.15, 0.2) is 11.5 Å². The molecule has 1 spiro atoms. The molecule has 8 rings (SSSR count). The molecular formula is C43H54ClN3O5. The molecule has 2 aromatic carbocycles. The number of fused-ring (bicyclic) bond motifs is 4. The lowest BCUT2D eigenvalue weighted by Gasteiger charge is -2.47. The van der Waals surface area contributed by atoms with Crippen LogP contribution in [0, 0.1) is 11.8 Å². The van der Waals surface area contributed by atoms with Crippen LogP contribution < -0.4 is 19.5 Å². The van der Waals surface area contributed by atoms with E-state index in [1.165, 1.54) is 48.1 Å². The molecule has 2 N–H and O–H groups in total. The minimum atomic E-state index is -1.07. The van der Waals surface area contributed by atoms with E-state index < -0.39 is 11.5 Å². The molecule has 3 aliphatic carbocycles. The highest BCUT2D eigenvalue weighted by molar-refractivity contribution is 6.30. The lowest BCUT2D eigenvalue weighted by molar-refractivity contribution is -0.144. The smallest absolute Gasteiger partial charge is 0.329 e. The van der Waals surface area contributed by atoms with Crippen LogP contribution >= 0.6 is 11.6 Å². The Kier molecular flexibility index (Phi) is 10.1. The highest BCUT2D eigenvalue weighted by atomic mass is 35.5. The molecule has 0 amide bonds. The zero-order chi connectivity index (χ0) is 35.9. The van der Waals surface area contributed by atoms with Gasteiger partial charge in [-0.05, 0) is 154 Å². The van der Waals surface area contributed by atoms with Crippen molar-refractivity contribution in [2.45, 2.75) is 114 Å². The summed E-state index contributed by atoms with van der Waals surface area (Å²) in [5.74, 6) is 3.00. The summed E-state index contributed by atoms with van der Waals surface area (Å²) in [4.78, 5) is 20.3. The second-order valence-electron chi connectivity index (χ2n) is 16.5. The Bertz CT molecular complexity index is 1770. The van der Waals surface area contributed by atoms with Gasteiger partial charge in [0.25, 0.3) is 0 Å². The minimum absolute atomic E-state index is 0.0947. The molecule has 4 atom stereocenters. The first-order chi connectivity index (χ1) is 25.2. The minimum Gasteiger partial charge on any atom is -0.493 e. The molecule has 3 aromatic rings. The Labute approximate surface area is 313 Å². The Hall–Kier alpha value is -3.49. The fraction of sp³-hybridized carbons (Fsp3) is 0.581. The van der Waals surface area contributed by atoms with Gasteiger partial charge in [0.2, 0.25) is 0 Å². The molecule has 2 fully saturated rings. The van der Waals surface area contributed by atoms with Crippen molar-refractivity contribution in [3.63, 3.8) is 0 Å². The van der Waals surface area contributed by atoms with E-state index >= 15 is 0 Å². The highest BCUT2D eigenvalue weighted by Crippen LogP contribution is 2.58. The standard InChI is InChI=1S/C43H54ClN3O5/c1-28(27-51-37-11-17-45-36-10-5-7-29(2)40(36)37)21-31-22-30-23-38-39(52-34(12-20-50-38)26-47-18-3-4-19-47)25-35(30)42(31)13-15-43(16-14-42,41(48)49)46-33-9-6-8-32(44)24-33/h6,8-9,11,17,23-25,28-29,31,34,46H,3-5,7,10,12-16,18-22,26-27H2,1-2H3,(H,48,49)/t28-,29-,31?,34?,42?,43?/m1/s1. The van der Waals surface area contributed by atoms with Crippen LogP contribution in [0.25, 0.3) is 0 Å². The molecule has 8 nitrogen and oxygen atoms in total. The number of nitrogens with one attached hydrogen (secondary N) is 1. The van der Waals surface area contributed by atoms with Crippen molar-refractivity contribution in [2.24, 2.45) is 11.8 Å². The van der Waals surface area contributed by atoms with E-state index in [0.717, 1.165) is 81.1 Å². The van der Waals surface area contributed by atoms with E-state index in [1.54, 1.807) is 0 Å². The van der Waals surface area contributed by atoms with E-state index in [2.05, 4.69) is 41.2 Å². The molecule has 2 aliphatic heterocycles. The normalized spacial score (nSPS) is 28.9. The van der Waals surface area contributed by atoms with Gasteiger partial charge in [-0.3, -0.25) is 9.88 Å². The van der Waals surface area contributed by atoms with Crippen molar-refractivity contribution >= 4 is 23.3 Å². The third kappa shape index (κ3) is 6.98. The summed E-state index contributed by atoms with van der Waals surface area (Å²) in [6.45, 7) is 9.11. The van der Waals surface area contributed by atoms with Gasteiger partial charge in [0.1, 0.15) is 17.4 Å². The number of hydrogen-bond acceptors (Lipinski definition) is 7. The van der Waals surface area contributed by atoms with Crippen LogP contribution in [0.2, 0.25) is 5.02 Å². The van der Waals surface area contributed by atoms with Gasteiger partial charge in [-0.15, -0.1) is 0 Å². The SMILES string of the molecule is C[C@@H](COc1ccnc2c1[C@H](C)CCC2)CC1Cc2cc3c(cc2C12CCC(Nc1cccc(Cl)c1)(C(=O)O)CC2)OC(CN1CCCC1)CCO3. The maximum atomic E-state index is 13.1. The Morgan fingerprint density at radius 1 is 1.10 bits per heavy atom. The van der Waals surface area contributed by atoms with Crippen LogP contribution in [-0.4, -0.2) is 65.5 Å². The van der Waals surface area contributed by atoms with Crippen molar-refractivity contribution in [2.75, 3.05) is 38.2 Å². The number of likely N-dealkylation sites (tertiary alicyclic amines) is 1. The van der Waals surface area contributed by atoms with E-state index in [-0.39, 0.29) is 11.5 Å². The first kappa shape index (κ1) is 35.5. The summed E-state index contributed by atoms with van der Waals surface area (Å²) in [5.41, 5.74) is 4.64. The fourth-order valence-corrected chi connectivity index (χ4v) is 10.4. The van der Waals surface area contributed by atoms with Gasteiger partial charge in [-0.2, -0.15) is 0 Å². The Morgan fingerprint density at radius 3 is 2.71 bits per heavy atom. The van der Waals surface area contributed by atoms with Gasteiger partial charge in [0.05, 0.1) is 13.2 Å². The van der Waals surface area contributed by atoms with Crippen LogP contribution in [0.3, 0.4) is 0 Å². The zero-order valence-corrected chi connectivity index (χ0v) is 31.6. The van der Waals surface area contributed by atoms with Gasteiger partial charge in [-0.25, -0.2) is 4.79 Å². The molecule has 1 saturated carbocycles. The Morgan fingerprint density at radius 2 is 1.92 bits per heavy atom. The number of carboxylic acids is 1. The molecule has 9 heteroatoms. The molecule has 278 valence electrons. The Balaban J connectivity index is 1.06. The lowest BCUT2D eigenvalue weighted by atomic mass is 9.59. The maximum Gasteiger partial charge on any atom is 0.329 e. The summed E-state index contributed by atoms with van der Waals surface area (Å²) in [7, 11) is 0. The topological polar surface area (TPSA) is 93.2 Å². The summed E-state index contributed by atoms with van der Waals surface area (Å²) < 4.78 is 19.8. The number of benzene rings is 2. The third-order valence-corrected chi connectivity index (χ3v) is 13.2. The molecule has 5 aliphatic rings. The molecule has 52 heavy (non-hydrogen) atoms. The number of pyridine rings is 1. The van der Waals surface area contributed by atoms with E-state index in [1.807, 2.05) is 36.5 Å². The number of aliphatic carboxylic acids is 1. The molecule has 1 aromatic heterocycles. The predicted molar refractivity (Wildman–Crippen MR) is 204 cm³/mol. The van der Waals surface area contributed by atoms with Crippen molar-refractivity contribution in [1.29, 1.82) is 0 Å². The average Bonchev–Trinajstić information content (AvgIpc) is 3.68. The van der Waals surface area contributed by atoms with E-state index in [0.29, 0.717) is 48.8 Å². The van der Waals surface area contributed by atoms with E-state index in [9.17, 15) is 9.90 Å². The lowest BCUT2D eigenvalue weighted by Crippen LogP contribution is -2.53. The number of ether oxygens (including phenoxy) is 3. The molecular weight excluding hydrogens is 674 g/mol.